The van der Waals surface area contributed by atoms with Crippen molar-refractivity contribution in [2.45, 2.75) is 12.8 Å². The number of carbonyl (C=O) groups is 1. The van der Waals surface area contributed by atoms with Gasteiger partial charge in [-0.05, 0) is 24.7 Å². The quantitative estimate of drug-likeness (QED) is 0.608. The molecule has 1 N–H and O–H groups in total. The van der Waals surface area contributed by atoms with Crippen LogP contribution in [0.5, 0.6) is 0 Å². The molecule has 4 heteroatoms. The van der Waals surface area contributed by atoms with E-state index < -0.39 is 6.09 Å². The van der Waals surface area contributed by atoms with E-state index in [9.17, 15) is 4.79 Å². The predicted octanol–water partition coefficient (Wildman–Crippen LogP) is 1.15. The molecule has 0 aromatic rings. The molecule has 1 aliphatic carbocycles. The third-order valence-electron chi connectivity index (χ3n) is 3.20. The topological polar surface area (TPSA) is 64.3 Å². The van der Waals surface area contributed by atoms with E-state index in [1.807, 2.05) is 0 Å². The van der Waals surface area contributed by atoms with E-state index >= 15 is 0 Å². The van der Waals surface area contributed by atoms with Crippen molar-refractivity contribution in [1.82, 2.24) is 4.90 Å². The summed E-state index contributed by atoms with van der Waals surface area (Å²) in [4.78, 5) is 12.1. The summed E-state index contributed by atoms with van der Waals surface area (Å²) in [6.07, 6.45) is 0.971. The minimum atomic E-state index is -0.817. The minimum absolute atomic E-state index is 0.172. The molecule has 4 nitrogen and oxygen atoms in total. The number of rotatable bonds is 0. The zero-order valence-corrected chi connectivity index (χ0v) is 7.31. The Labute approximate surface area is 76.8 Å². The van der Waals surface area contributed by atoms with E-state index in [-0.39, 0.29) is 5.92 Å². The Morgan fingerprint density at radius 3 is 2.31 bits per heavy atom. The number of amides is 1. The molecule has 0 radical (unpaired) electrons. The maximum Gasteiger partial charge on any atom is 0.407 e. The Hall–Kier alpha value is -1.24. The van der Waals surface area contributed by atoms with Gasteiger partial charge in [0.2, 0.25) is 0 Å². The van der Waals surface area contributed by atoms with Crippen molar-refractivity contribution in [3.8, 4) is 6.07 Å². The summed E-state index contributed by atoms with van der Waals surface area (Å²) in [6, 6.07) is 2.27. The highest BCUT2D eigenvalue weighted by Crippen LogP contribution is 2.40. The van der Waals surface area contributed by atoms with Gasteiger partial charge in [-0.1, -0.05) is 0 Å². The molecular weight excluding hydrogens is 168 g/mol. The zero-order chi connectivity index (χ0) is 9.42. The number of nitriles is 1. The van der Waals surface area contributed by atoms with Gasteiger partial charge in [-0.15, -0.1) is 0 Å². The number of likely N-dealkylation sites (tertiary alicyclic amines) is 1. The van der Waals surface area contributed by atoms with Crippen molar-refractivity contribution < 1.29 is 9.90 Å². The van der Waals surface area contributed by atoms with Crippen molar-refractivity contribution in [2.75, 3.05) is 13.1 Å². The van der Waals surface area contributed by atoms with Gasteiger partial charge in [0.25, 0.3) is 0 Å². The molecule has 13 heavy (non-hydrogen) atoms. The Balaban J connectivity index is 1.98. The van der Waals surface area contributed by atoms with Crippen molar-refractivity contribution in [3.05, 3.63) is 0 Å². The van der Waals surface area contributed by atoms with Crippen LogP contribution in [0, 0.1) is 29.1 Å². The van der Waals surface area contributed by atoms with Crippen LogP contribution in [0.25, 0.3) is 0 Å². The van der Waals surface area contributed by atoms with E-state index in [1.54, 1.807) is 0 Å². The van der Waals surface area contributed by atoms with Crippen molar-refractivity contribution in [3.63, 3.8) is 0 Å². The lowest BCUT2D eigenvalue weighted by molar-refractivity contribution is 0.151. The van der Waals surface area contributed by atoms with Crippen LogP contribution in [0.1, 0.15) is 12.8 Å². The van der Waals surface area contributed by atoms with Gasteiger partial charge in [0.05, 0.1) is 6.07 Å². The Bertz CT molecular complexity index is 257. The van der Waals surface area contributed by atoms with Gasteiger partial charge >= 0.3 is 6.09 Å². The van der Waals surface area contributed by atoms with Crippen LogP contribution in [0.4, 0.5) is 4.79 Å². The second-order valence-electron chi connectivity index (χ2n) is 4.01. The Kier molecular flexibility index (Phi) is 1.87. The molecule has 2 atom stereocenters. The fourth-order valence-electron chi connectivity index (χ4n) is 2.56. The van der Waals surface area contributed by atoms with Crippen molar-refractivity contribution >= 4 is 6.09 Å². The molecule has 1 heterocycles. The molecule has 1 amide bonds. The number of hydrogen-bond acceptors (Lipinski definition) is 2. The minimum Gasteiger partial charge on any atom is -0.465 e. The molecule has 2 rings (SSSR count). The largest absolute Gasteiger partial charge is 0.465 e. The number of nitrogens with zero attached hydrogens (tertiary/aromatic N) is 2. The average molecular weight is 180 g/mol. The van der Waals surface area contributed by atoms with Crippen LogP contribution >= 0.6 is 0 Å². The number of hydrogen-bond donors (Lipinski definition) is 1. The van der Waals surface area contributed by atoms with Crippen LogP contribution in [-0.2, 0) is 0 Å². The molecule has 0 spiro atoms. The lowest BCUT2D eigenvalue weighted by Gasteiger charge is -2.12. The predicted molar refractivity (Wildman–Crippen MR) is 44.9 cm³/mol. The summed E-state index contributed by atoms with van der Waals surface area (Å²) in [5.41, 5.74) is 0. The van der Waals surface area contributed by atoms with E-state index in [4.69, 9.17) is 10.4 Å². The summed E-state index contributed by atoms with van der Waals surface area (Å²) >= 11 is 0. The van der Waals surface area contributed by atoms with Crippen LogP contribution in [0.15, 0.2) is 0 Å². The Morgan fingerprint density at radius 1 is 1.38 bits per heavy atom. The smallest absolute Gasteiger partial charge is 0.407 e. The van der Waals surface area contributed by atoms with Gasteiger partial charge in [0.1, 0.15) is 0 Å². The van der Waals surface area contributed by atoms with E-state index in [2.05, 4.69) is 6.07 Å². The van der Waals surface area contributed by atoms with Gasteiger partial charge in [0, 0.05) is 19.0 Å². The molecule has 1 saturated heterocycles. The highest BCUT2D eigenvalue weighted by atomic mass is 16.4. The van der Waals surface area contributed by atoms with Crippen LogP contribution in [-0.4, -0.2) is 29.2 Å². The zero-order valence-electron chi connectivity index (χ0n) is 7.31. The molecule has 1 aliphatic heterocycles. The second-order valence-corrected chi connectivity index (χ2v) is 4.01. The lowest BCUT2D eigenvalue weighted by Crippen LogP contribution is -2.27. The van der Waals surface area contributed by atoms with E-state index in [0.29, 0.717) is 24.9 Å². The van der Waals surface area contributed by atoms with Gasteiger partial charge in [-0.2, -0.15) is 5.26 Å². The molecule has 2 unspecified atom stereocenters. The third kappa shape index (κ3) is 1.35. The first kappa shape index (κ1) is 8.36. The number of carboxylic acid groups (broad SMARTS) is 1. The van der Waals surface area contributed by atoms with E-state index in [1.165, 1.54) is 4.90 Å². The van der Waals surface area contributed by atoms with Gasteiger partial charge in [-0.3, -0.25) is 0 Å². The lowest BCUT2D eigenvalue weighted by atomic mass is 10.0. The highest BCUT2D eigenvalue weighted by molar-refractivity contribution is 5.65. The third-order valence-corrected chi connectivity index (χ3v) is 3.20. The maximum atomic E-state index is 10.6. The average Bonchev–Trinajstić information content (AvgIpc) is 2.58. The first-order valence-electron chi connectivity index (χ1n) is 4.58. The first-order valence-corrected chi connectivity index (χ1v) is 4.58. The number of fused-ring (bicyclic) bond motifs is 1. The van der Waals surface area contributed by atoms with Crippen LogP contribution in [0.3, 0.4) is 0 Å². The second kappa shape index (κ2) is 2.91. The standard InChI is InChI=1S/C9H12N2O2/c10-3-6-1-7-4-11(9(12)13)5-8(7)2-6/h6-8H,1-2,4-5H2,(H,12,13). The van der Waals surface area contributed by atoms with Gasteiger partial charge in [0.15, 0.2) is 0 Å². The molecule has 70 valence electrons. The maximum absolute atomic E-state index is 10.6. The molecule has 0 aromatic heterocycles. The normalized spacial score (nSPS) is 37.2. The molecule has 2 fully saturated rings. The van der Waals surface area contributed by atoms with Gasteiger partial charge in [-0.25, -0.2) is 4.79 Å². The van der Waals surface area contributed by atoms with Gasteiger partial charge < -0.3 is 10.0 Å². The van der Waals surface area contributed by atoms with E-state index in [0.717, 1.165) is 12.8 Å². The Morgan fingerprint density at radius 2 is 1.92 bits per heavy atom. The summed E-state index contributed by atoms with van der Waals surface area (Å²) in [7, 11) is 0. The van der Waals surface area contributed by atoms with Crippen LogP contribution in [0.2, 0.25) is 0 Å². The molecular formula is C9H12N2O2. The molecule has 0 aromatic carbocycles. The van der Waals surface area contributed by atoms with Crippen molar-refractivity contribution in [2.24, 2.45) is 17.8 Å². The fraction of sp³-hybridized carbons (Fsp3) is 0.778. The monoisotopic (exact) mass is 180 g/mol. The SMILES string of the molecule is N#CC1CC2CN(C(=O)O)CC2C1. The molecule has 2 aliphatic rings. The summed E-state index contributed by atoms with van der Waals surface area (Å²) in [5, 5.41) is 17.5. The van der Waals surface area contributed by atoms with Crippen LogP contribution < -0.4 is 0 Å². The fourth-order valence-corrected chi connectivity index (χ4v) is 2.56. The summed E-state index contributed by atoms with van der Waals surface area (Å²) in [5.74, 6) is 1.06. The van der Waals surface area contributed by atoms with Crippen molar-refractivity contribution in [1.29, 1.82) is 5.26 Å². The molecule has 1 saturated carbocycles. The first-order chi connectivity index (χ1) is 6.20. The molecule has 0 bridgehead atoms. The summed E-state index contributed by atoms with van der Waals surface area (Å²) in [6.45, 7) is 1.27. The summed E-state index contributed by atoms with van der Waals surface area (Å²) < 4.78 is 0. The highest BCUT2D eigenvalue weighted by Gasteiger charge is 2.42.